The number of benzene rings is 1. The third-order valence-electron chi connectivity index (χ3n) is 5.08. The Morgan fingerprint density at radius 3 is 2.28 bits per heavy atom. The summed E-state index contributed by atoms with van der Waals surface area (Å²) in [7, 11) is 1.63. The van der Waals surface area contributed by atoms with E-state index in [4.69, 9.17) is 4.74 Å². The van der Waals surface area contributed by atoms with Gasteiger partial charge in [-0.2, -0.15) is 0 Å². The van der Waals surface area contributed by atoms with Crippen molar-refractivity contribution in [3.63, 3.8) is 0 Å². The predicted octanol–water partition coefficient (Wildman–Crippen LogP) is 5.97. The van der Waals surface area contributed by atoms with E-state index in [1.165, 1.54) is 11.3 Å². The molecule has 1 aromatic heterocycles. The lowest BCUT2D eigenvalue weighted by Crippen LogP contribution is -2.35. The molecule has 0 spiro atoms. The van der Waals surface area contributed by atoms with Crippen molar-refractivity contribution in [3.05, 3.63) is 28.6 Å². The Hall–Kier alpha value is -1.88. The molecule has 0 fully saturated rings. The summed E-state index contributed by atoms with van der Waals surface area (Å²) in [5.41, 5.74) is 0.506. The molecule has 4 nitrogen and oxygen atoms in total. The van der Waals surface area contributed by atoms with Crippen molar-refractivity contribution >= 4 is 33.1 Å². The monoisotopic (exact) mass is 417 g/mol. The molecular formula is C24H35NO3S. The molecule has 1 amide bonds. The van der Waals surface area contributed by atoms with E-state index in [1.54, 1.807) is 7.11 Å². The SMILES string of the molecule is CCN(CCC(C)(C)C)C(=O)Cc1c(C(=O)C(C)(C)C)sc2ccc(OC)cc12. The summed E-state index contributed by atoms with van der Waals surface area (Å²) in [6, 6.07) is 5.82. The lowest BCUT2D eigenvalue weighted by molar-refractivity contribution is -0.130. The minimum atomic E-state index is -0.501. The first-order valence-corrected chi connectivity index (χ1v) is 11.1. The Morgan fingerprint density at radius 2 is 1.76 bits per heavy atom. The molecule has 0 bridgehead atoms. The number of ether oxygens (including phenoxy) is 1. The molecule has 2 rings (SSSR count). The first kappa shape index (κ1) is 23.4. The molecule has 1 heterocycles. The Bertz CT molecular complexity index is 884. The average molecular weight is 418 g/mol. The minimum absolute atomic E-state index is 0.0715. The van der Waals surface area contributed by atoms with Crippen LogP contribution in [0.3, 0.4) is 0 Å². The molecule has 0 radical (unpaired) electrons. The van der Waals surface area contributed by atoms with Gasteiger partial charge in [-0.1, -0.05) is 41.5 Å². The summed E-state index contributed by atoms with van der Waals surface area (Å²) in [6.07, 6.45) is 1.18. The number of methoxy groups -OCH3 is 1. The average Bonchev–Trinajstić information content (AvgIpc) is 2.97. The topological polar surface area (TPSA) is 46.6 Å². The first-order valence-electron chi connectivity index (χ1n) is 10.3. The van der Waals surface area contributed by atoms with E-state index >= 15 is 0 Å². The molecule has 160 valence electrons. The van der Waals surface area contributed by atoms with E-state index in [-0.39, 0.29) is 23.5 Å². The molecule has 0 aliphatic heterocycles. The summed E-state index contributed by atoms with van der Waals surface area (Å²) < 4.78 is 6.40. The second-order valence-electron chi connectivity index (χ2n) is 9.81. The van der Waals surface area contributed by atoms with Crippen LogP contribution in [0.4, 0.5) is 0 Å². The second-order valence-corrected chi connectivity index (χ2v) is 10.9. The lowest BCUT2D eigenvalue weighted by Gasteiger charge is -2.26. The van der Waals surface area contributed by atoms with Crippen LogP contribution in [0.2, 0.25) is 0 Å². The second kappa shape index (κ2) is 8.86. The minimum Gasteiger partial charge on any atom is -0.497 e. The highest BCUT2D eigenvalue weighted by atomic mass is 32.1. The van der Waals surface area contributed by atoms with Crippen molar-refractivity contribution in [2.45, 2.75) is 61.3 Å². The van der Waals surface area contributed by atoms with Gasteiger partial charge in [-0.3, -0.25) is 9.59 Å². The maximum Gasteiger partial charge on any atom is 0.227 e. The van der Waals surface area contributed by atoms with Gasteiger partial charge in [0.25, 0.3) is 0 Å². The fourth-order valence-electron chi connectivity index (χ4n) is 3.15. The highest BCUT2D eigenvalue weighted by Gasteiger charge is 2.30. The summed E-state index contributed by atoms with van der Waals surface area (Å²) in [4.78, 5) is 28.9. The number of rotatable bonds is 7. The molecule has 0 N–H and O–H groups in total. The zero-order valence-electron chi connectivity index (χ0n) is 19.1. The highest BCUT2D eigenvalue weighted by Crippen LogP contribution is 2.38. The molecular weight excluding hydrogens is 382 g/mol. The van der Waals surface area contributed by atoms with Crippen molar-refractivity contribution < 1.29 is 14.3 Å². The van der Waals surface area contributed by atoms with Crippen LogP contribution >= 0.6 is 11.3 Å². The largest absolute Gasteiger partial charge is 0.497 e. The molecule has 0 aliphatic carbocycles. The third kappa shape index (κ3) is 5.81. The van der Waals surface area contributed by atoms with Crippen molar-refractivity contribution in [2.24, 2.45) is 10.8 Å². The van der Waals surface area contributed by atoms with Crippen LogP contribution in [0.5, 0.6) is 5.75 Å². The molecule has 5 heteroatoms. The molecule has 2 aromatic rings. The predicted molar refractivity (Wildman–Crippen MR) is 122 cm³/mol. The number of likely N-dealkylation sites (N-methyl/N-ethyl adjacent to an activating group) is 1. The van der Waals surface area contributed by atoms with E-state index in [0.717, 1.165) is 34.4 Å². The van der Waals surface area contributed by atoms with Crippen LogP contribution in [-0.4, -0.2) is 36.8 Å². The number of hydrogen-bond donors (Lipinski definition) is 0. The van der Waals surface area contributed by atoms with Crippen LogP contribution < -0.4 is 4.74 Å². The molecule has 29 heavy (non-hydrogen) atoms. The fourth-order valence-corrected chi connectivity index (χ4v) is 4.50. The van der Waals surface area contributed by atoms with Crippen molar-refractivity contribution in [1.29, 1.82) is 0 Å². The zero-order chi connectivity index (χ0) is 22.0. The molecule has 0 atom stereocenters. The molecule has 0 aliphatic rings. The summed E-state index contributed by atoms with van der Waals surface area (Å²) in [5, 5.41) is 0.946. The smallest absolute Gasteiger partial charge is 0.227 e. The highest BCUT2D eigenvalue weighted by molar-refractivity contribution is 7.21. The number of carbonyl (C=O) groups is 2. The van der Waals surface area contributed by atoms with E-state index in [1.807, 2.05) is 50.8 Å². The van der Waals surface area contributed by atoms with Crippen molar-refractivity contribution in [2.75, 3.05) is 20.2 Å². The third-order valence-corrected chi connectivity index (χ3v) is 6.29. The van der Waals surface area contributed by atoms with Crippen LogP contribution in [0.15, 0.2) is 18.2 Å². The number of hydrogen-bond acceptors (Lipinski definition) is 4. The van der Waals surface area contributed by atoms with Crippen LogP contribution in [0.1, 0.15) is 70.1 Å². The number of Topliss-reactive ketones (excluding diaryl/α,β-unsaturated/α-hetero) is 1. The first-order chi connectivity index (χ1) is 13.4. The number of ketones is 1. The molecule has 0 unspecified atom stereocenters. The standard InChI is InChI=1S/C24H35NO3S/c1-9-25(13-12-23(2,3)4)20(26)15-18-17-14-16(28-8)10-11-19(17)29-21(18)22(27)24(5,6)7/h10-11,14H,9,12-13,15H2,1-8H3. The Morgan fingerprint density at radius 1 is 1.10 bits per heavy atom. The van der Waals surface area contributed by atoms with E-state index in [0.29, 0.717) is 11.4 Å². The van der Waals surface area contributed by atoms with Gasteiger partial charge in [0.1, 0.15) is 5.75 Å². The fraction of sp³-hybridized carbons (Fsp3) is 0.583. The van der Waals surface area contributed by atoms with Crippen LogP contribution in [-0.2, 0) is 11.2 Å². The number of amides is 1. The van der Waals surface area contributed by atoms with Gasteiger partial charge >= 0.3 is 0 Å². The van der Waals surface area contributed by atoms with Gasteiger partial charge in [-0.05, 0) is 42.5 Å². The zero-order valence-corrected chi connectivity index (χ0v) is 20.0. The lowest BCUT2D eigenvalue weighted by atomic mass is 9.87. The number of nitrogens with zero attached hydrogens (tertiary/aromatic N) is 1. The Kier molecular flexibility index (Phi) is 7.15. The summed E-state index contributed by atoms with van der Waals surface area (Å²) >= 11 is 1.48. The Balaban J connectivity index is 2.45. The van der Waals surface area contributed by atoms with Gasteiger partial charge in [0.15, 0.2) is 5.78 Å². The number of carbonyl (C=O) groups excluding carboxylic acids is 2. The van der Waals surface area contributed by atoms with Crippen molar-refractivity contribution in [3.8, 4) is 5.75 Å². The number of thiophene rings is 1. The number of fused-ring (bicyclic) bond motifs is 1. The molecule has 0 saturated carbocycles. The van der Waals surface area contributed by atoms with Gasteiger partial charge in [-0.25, -0.2) is 0 Å². The molecule has 1 aromatic carbocycles. The maximum atomic E-state index is 13.2. The summed E-state index contributed by atoms with van der Waals surface area (Å²) in [6.45, 7) is 15.7. The Labute approximate surface area is 179 Å². The normalized spacial score (nSPS) is 12.3. The summed E-state index contributed by atoms with van der Waals surface area (Å²) in [5.74, 6) is 0.888. The van der Waals surface area contributed by atoms with Gasteiger partial charge < -0.3 is 9.64 Å². The van der Waals surface area contributed by atoms with Crippen molar-refractivity contribution in [1.82, 2.24) is 4.90 Å². The molecule has 0 saturated heterocycles. The van der Waals surface area contributed by atoms with Gasteiger partial charge in [0, 0.05) is 28.6 Å². The van der Waals surface area contributed by atoms with Gasteiger partial charge in [0.05, 0.1) is 18.4 Å². The van der Waals surface area contributed by atoms with Crippen LogP contribution in [0, 0.1) is 10.8 Å². The maximum absolute atomic E-state index is 13.2. The van der Waals surface area contributed by atoms with E-state index < -0.39 is 5.41 Å². The quantitative estimate of drug-likeness (QED) is 0.522. The van der Waals surface area contributed by atoms with Crippen LogP contribution in [0.25, 0.3) is 10.1 Å². The van der Waals surface area contributed by atoms with Gasteiger partial charge in [0.2, 0.25) is 5.91 Å². The van der Waals surface area contributed by atoms with E-state index in [9.17, 15) is 9.59 Å². The van der Waals surface area contributed by atoms with Gasteiger partial charge in [-0.15, -0.1) is 11.3 Å². The van der Waals surface area contributed by atoms with E-state index in [2.05, 4.69) is 20.8 Å².